The fourth-order valence-electron chi connectivity index (χ4n) is 3.48. The van der Waals surface area contributed by atoms with Crippen LogP contribution in [0.3, 0.4) is 0 Å². The summed E-state index contributed by atoms with van der Waals surface area (Å²) in [5, 5.41) is 5.74. The lowest BCUT2D eigenvalue weighted by Crippen LogP contribution is -2.59. The van der Waals surface area contributed by atoms with Gasteiger partial charge < -0.3 is 14.4 Å². The highest BCUT2D eigenvalue weighted by atomic mass is 32.1. The van der Waals surface area contributed by atoms with Gasteiger partial charge in [-0.1, -0.05) is 0 Å². The van der Waals surface area contributed by atoms with Gasteiger partial charge in [-0.2, -0.15) is 0 Å². The van der Waals surface area contributed by atoms with Crippen LogP contribution in [0.2, 0.25) is 0 Å². The Labute approximate surface area is 140 Å². The second kappa shape index (κ2) is 6.03. The van der Waals surface area contributed by atoms with Crippen LogP contribution in [0.25, 0.3) is 0 Å². The maximum atomic E-state index is 12.6. The number of rotatable bonds is 2. The minimum Gasteiger partial charge on any atom is -0.381 e. The summed E-state index contributed by atoms with van der Waals surface area (Å²) in [4.78, 5) is 19.0. The number of hydrogen-bond donors (Lipinski definition) is 1. The molecule has 0 radical (unpaired) electrons. The fourth-order valence-corrected chi connectivity index (χ4v) is 4.26. The van der Waals surface area contributed by atoms with Crippen molar-refractivity contribution < 1.29 is 14.3 Å². The number of hydrogen-bond acceptors (Lipinski definition) is 5. The normalized spacial score (nSPS) is 27.2. The Bertz CT molecular complexity index is 581. The highest BCUT2D eigenvalue weighted by Gasteiger charge is 2.42. The highest BCUT2D eigenvalue weighted by molar-refractivity contribution is 7.13. The summed E-state index contributed by atoms with van der Waals surface area (Å²) in [6.07, 6.45) is 4.20. The number of thiazole rings is 1. The average Bonchev–Trinajstić information content (AvgIpc) is 3.27. The van der Waals surface area contributed by atoms with Crippen molar-refractivity contribution in [3.63, 3.8) is 0 Å². The van der Waals surface area contributed by atoms with Gasteiger partial charge in [-0.15, -0.1) is 11.3 Å². The second-order valence-corrected chi connectivity index (χ2v) is 7.74. The molecule has 7 heteroatoms. The van der Waals surface area contributed by atoms with Gasteiger partial charge in [-0.25, -0.2) is 9.78 Å². The van der Waals surface area contributed by atoms with Crippen molar-refractivity contribution in [3.05, 3.63) is 11.1 Å². The third-order valence-corrected chi connectivity index (χ3v) is 5.61. The van der Waals surface area contributed by atoms with Gasteiger partial charge in [0.2, 0.25) is 0 Å². The first-order chi connectivity index (χ1) is 11.1. The third kappa shape index (κ3) is 3.36. The topological polar surface area (TPSA) is 63.7 Å². The molecule has 1 aromatic rings. The van der Waals surface area contributed by atoms with Crippen molar-refractivity contribution in [2.24, 2.45) is 0 Å². The SMILES string of the molecule is CC1CN(C(=O)Nc2nc(C3CC3)cs2)CC2(CCOCC2)O1. The summed E-state index contributed by atoms with van der Waals surface area (Å²) in [7, 11) is 0. The summed E-state index contributed by atoms with van der Waals surface area (Å²) < 4.78 is 11.6. The molecule has 3 aliphatic rings. The molecule has 2 saturated heterocycles. The average molecular weight is 337 g/mol. The molecule has 126 valence electrons. The molecule has 0 bridgehead atoms. The van der Waals surface area contributed by atoms with E-state index >= 15 is 0 Å². The molecule has 3 heterocycles. The lowest BCUT2D eigenvalue weighted by molar-refractivity contribution is -0.174. The highest BCUT2D eigenvalue weighted by Crippen LogP contribution is 2.41. The third-order valence-electron chi connectivity index (χ3n) is 4.83. The number of nitrogens with zero attached hydrogens (tertiary/aromatic N) is 2. The number of amides is 2. The molecule has 1 saturated carbocycles. The van der Waals surface area contributed by atoms with E-state index in [1.165, 1.54) is 24.2 Å². The van der Waals surface area contributed by atoms with E-state index in [0.29, 0.717) is 37.4 Å². The zero-order valence-corrected chi connectivity index (χ0v) is 14.2. The van der Waals surface area contributed by atoms with Gasteiger partial charge in [-0.3, -0.25) is 5.32 Å². The van der Waals surface area contributed by atoms with Crippen molar-refractivity contribution in [1.82, 2.24) is 9.88 Å². The number of anilines is 1. The van der Waals surface area contributed by atoms with Crippen LogP contribution >= 0.6 is 11.3 Å². The van der Waals surface area contributed by atoms with Crippen LogP contribution in [-0.2, 0) is 9.47 Å². The summed E-state index contributed by atoms with van der Waals surface area (Å²) in [6.45, 7) is 4.70. The summed E-state index contributed by atoms with van der Waals surface area (Å²) >= 11 is 1.52. The zero-order valence-electron chi connectivity index (χ0n) is 13.4. The quantitative estimate of drug-likeness (QED) is 0.901. The molecule has 1 N–H and O–H groups in total. The van der Waals surface area contributed by atoms with E-state index in [1.807, 2.05) is 11.8 Å². The predicted molar refractivity (Wildman–Crippen MR) is 88.0 cm³/mol. The second-order valence-electron chi connectivity index (χ2n) is 6.89. The number of ether oxygens (including phenoxy) is 2. The number of aromatic nitrogens is 1. The molecule has 4 rings (SSSR count). The first kappa shape index (κ1) is 15.4. The van der Waals surface area contributed by atoms with Crippen LogP contribution in [0.15, 0.2) is 5.38 Å². The van der Waals surface area contributed by atoms with Gasteiger partial charge in [0.1, 0.15) is 0 Å². The van der Waals surface area contributed by atoms with Crippen molar-refractivity contribution in [3.8, 4) is 0 Å². The summed E-state index contributed by atoms with van der Waals surface area (Å²) in [5.74, 6) is 0.616. The molecule has 3 fully saturated rings. The molecule has 2 amide bonds. The van der Waals surface area contributed by atoms with E-state index in [2.05, 4.69) is 15.7 Å². The standard InChI is InChI=1S/C16H23N3O3S/c1-11-8-19(10-16(22-11)4-6-21-7-5-16)15(20)18-14-17-13(9-23-14)12-2-3-12/h9,11-12H,2-8,10H2,1H3,(H,17,18,20). The van der Waals surface area contributed by atoms with Crippen molar-refractivity contribution in [2.45, 2.75) is 50.2 Å². The van der Waals surface area contributed by atoms with Crippen LogP contribution in [-0.4, -0.2) is 53.9 Å². The van der Waals surface area contributed by atoms with Crippen LogP contribution in [0.1, 0.15) is 44.2 Å². The molecule has 2 aliphatic heterocycles. The van der Waals surface area contributed by atoms with Gasteiger partial charge in [0, 0.05) is 43.9 Å². The lowest BCUT2D eigenvalue weighted by Gasteiger charge is -2.47. The molecule has 1 aliphatic carbocycles. The number of urea groups is 1. The van der Waals surface area contributed by atoms with E-state index in [0.717, 1.165) is 18.5 Å². The number of nitrogens with one attached hydrogen (secondary N) is 1. The molecule has 6 nitrogen and oxygen atoms in total. The largest absolute Gasteiger partial charge is 0.381 e. The van der Waals surface area contributed by atoms with E-state index in [9.17, 15) is 4.79 Å². The molecule has 0 aromatic carbocycles. The fraction of sp³-hybridized carbons (Fsp3) is 0.750. The van der Waals surface area contributed by atoms with Crippen molar-refractivity contribution in [1.29, 1.82) is 0 Å². The van der Waals surface area contributed by atoms with E-state index < -0.39 is 0 Å². The minimum atomic E-state index is -0.241. The van der Waals surface area contributed by atoms with Gasteiger partial charge in [-0.05, 0) is 19.8 Å². The summed E-state index contributed by atoms with van der Waals surface area (Å²) in [5.41, 5.74) is 0.886. The van der Waals surface area contributed by atoms with Crippen molar-refractivity contribution >= 4 is 22.5 Å². The van der Waals surface area contributed by atoms with E-state index in [4.69, 9.17) is 9.47 Å². The molecule has 1 atom stereocenters. The Morgan fingerprint density at radius 1 is 1.43 bits per heavy atom. The van der Waals surface area contributed by atoms with Crippen LogP contribution in [0.4, 0.5) is 9.93 Å². The summed E-state index contributed by atoms with van der Waals surface area (Å²) in [6, 6.07) is -0.0669. The van der Waals surface area contributed by atoms with Gasteiger partial charge in [0.15, 0.2) is 5.13 Å². The maximum absolute atomic E-state index is 12.6. The molecule has 1 spiro atoms. The lowest BCUT2D eigenvalue weighted by atomic mass is 9.91. The van der Waals surface area contributed by atoms with Crippen LogP contribution < -0.4 is 5.32 Å². The van der Waals surface area contributed by atoms with Crippen LogP contribution in [0, 0.1) is 0 Å². The predicted octanol–water partition coefficient (Wildman–Crippen LogP) is 2.82. The Hall–Kier alpha value is -1.18. The number of carbonyl (C=O) groups excluding carboxylic acids is 1. The first-order valence-corrected chi connectivity index (χ1v) is 9.28. The molecule has 23 heavy (non-hydrogen) atoms. The molecular weight excluding hydrogens is 314 g/mol. The zero-order chi connectivity index (χ0) is 15.9. The Morgan fingerprint density at radius 3 is 2.96 bits per heavy atom. The number of carbonyl (C=O) groups is 1. The molecule has 1 unspecified atom stereocenters. The molecular formula is C16H23N3O3S. The smallest absolute Gasteiger partial charge is 0.323 e. The Kier molecular flexibility index (Phi) is 4.03. The van der Waals surface area contributed by atoms with E-state index in [-0.39, 0.29) is 17.7 Å². The minimum absolute atomic E-state index is 0.0471. The van der Waals surface area contributed by atoms with Gasteiger partial charge in [0.25, 0.3) is 0 Å². The maximum Gasteiger partial charge on any atom is 0.323 e. The Morgan fingerprint density at radius 2 is 2.22 bits per heavy atom. The van der Waals surface area contributed by atoms with Crippen LogP contribution in [0.5, 0.6) is 0 Å². The van der Waals surface area contributed by atoms with E-state index in [1.54, 1.807) is 0 Å². The first-order valence-electron chi connectivity index (χ1n) is 8.40. The Balaban J connectivity index is 1.41. The van der Waals surface area contributed by atoms with Gasteiger partial charge >= 0.3 is 6.03 Å². The number of morpholine rings is 1. The van der Waals surface area contributed by atoms with Crippen molar-refractivity contribution in [2.75, 3.05) is 31.6 Å². The monoisotopic (exact) mass is 337 g/mol. The molecule has 1 aromatic heterocycles. The van der Waals surface area contributed by atoms with Gasteiger partial charge in [0.05, 0.1) is 23.9 Å².